The molecule has 14 N–H and O–H groups in total. The van der Waals surface area contributed by atoms with Gasteiger partial charge < -0.3 is 69.1 Å². The number of nitrogens with one attached hydrogen (secondary N) is 8. The third-order valence-corrected chi connectivity index (χ3v) is 11.0. The van der Waals surface area contributed by atoms with Crippen molar-refractivity contribution in [2.75, 3.05) is 32.8 Å². The first-order chi connectivity index (χ1) is 30.0. The molecule has 0 aliphatic carbocycles. The Kier molecular flexibility index (Phi) is 24.9. The lowest BCUT2D eigenvalue weighted by molar-refractivity contribution is -0.142. The summed E-state index contributed by atoms with van der Waals surface area (Å²) in [6, 6.07) is -8.94. The van der Waals surface area contributed by atoms with Crippen LogP contribution >= 0.6 is 0 Å². The highest BCUT2D eigenvalue weighted by molar-refractivity contribution is 5.98. The number of likely N-dealkylation sites (tertiary alicyclic amines) is 1. The van der Waals surface area contributed by atoms with Gasteiger partial charge in [0, 0.05) is 26.6 Å². The lowest BCUT2D eigenvalue weighted by Crippen LogP contribution is -2.63. The van der Waals surface area contributed by atoms with E-state index in [0.717, 1.165) is 0 Å². The highest BCUT2D eigenvalue weighted by atomic mass is 16.3. The Bertz CT molecular complexity index is 1640. The molecule has 1 aliphatic heterocycles. The predicted octanol–water partition coefficient (Wildman–Crippen LogP) is -3.67. The van der Waals surface area contributed by atoms with Crippen molar-refractivity contribution in [3.8, 4) is 0 Å². The third kappa shape index (κ3) is 18.3. The maximum Gasteiger partial charge on any atom is 0.245 e. The molecule has 1 heterocycles. The fraction of sp³-hybridized carbons (Fsp3) is 0.756. The predicted molar refractivity (Wildman–Crippen MR) is 236 cm³/mol. The van der Waals surface area contributed by atoms with Crippen LogP contribution in [0.5, 0.6) is 0 Å². The molecule has 0 saturated carbocycles. The van der Waals surface area contributed by atoms with E-state index in [1.165, 1.54) is 18.7 Å². The second kappa shape index (κ2) is 28.3. The Hall–Kier alpha value is -5.58. The molecule has 0 spiro atoms. The average molecular weight is 911 g/mol. The zero-order valence-corrected chi connectivity index (χ0v) is 38.7. The zero-order chi connectivity index (χ0) is 48.8. The van der Waals surface area contributed by atoms with E-state index in [0.29, 0.717) is 32.2 Å². The summed E-state index contributed by atoms with van der Waals surface area (Å²) in [7, 11) is 0. The number of amides is 9. The van der Waals surface area contributed by atoms with Crippen molar-refractivity contribution in [2.24, 2.45) is 34.2 Å². The van der Waals surface area contributed by atoms with Crippen molar-refractivity contribution >= 4 is 59.1 Å². The number of aliphatic imine (C=N–C) groups is 1. The van der Waals surface area contributed by atoms with Gasteiger partial charge in [0.25, 0.3) is 0 Å². The number of aliphatic hydroxyl groups is 2. The topological polar surface area (TPSA) is 358 Å². The molecule has 0 unspecified atom stereocenters. The number of nitrogens with two attached hydrogens (primary N) is 2. The first kappa shape index (κ1) is 56.4. The normalized spacial score (nSPS) is 17.7. The van der Waals surface area contributed by atoms with E-state index < -0.39 is 120 Å². The van der Waals surface area contributed by atoms with Gasteiger partial charge in [0.05, 0.1) is 19.3 Å². The SMILES string of the molecule is CCNC(=O)[C@@H]1CCCN1C(=O)[C@H](CCCN=C(N)N)NC(=O)[C@@H](NC(=O)[C@H](CO)NC(=O)[C@@H](NC(=O)[C@H](NC(=O)[C@@H](NC(=O)CNC(C)=O)C(C)C)[C@H](C)CC)[C@@H](C)O)[C@@H](C)CC. The van der Waals surface area contributed by atoms with Crippen LogP contribution in [0.3, 0.4) is 0 Å². The molecular formula is C41H74N12O11. The number of carbonyl (C=O) groups is 9. The summed E-state index contributed by atoms with van der Waals surface area (Å²) in [5, 5.41) is 41.2. The molecular weight excluding hydrogens is 837 g/mol. The summed E-state index contributed by atoms with van der Waals surface area (Å²) in [6.07, 6.45) is 0.552. The molecule has 0 bridgehead atoms. The smallest absolute Gasteiger partial charge is 0.245 e. The number of aliphatic hydroxyl groups excluding tert-OH is 2. The average Bonchev–Trinajstić information content (AvgIpc) is 3.74. The molecule has 64 heavy (non-hydrogen) atoms. The van der Waals surface area contributed by atoms with E-state index in [4.69, 9.17) is 11.5 Å². The largest absolute Gasteiger partial charge is 0.394 e. The van der Waals surface area contributed by atoms with E-state index in [1.807, 2.05) is 0 Å². The van der Waals surface area contributed by atoms with E-state index in [-0.39, 0.29) is 44.3 Å². The Morgan fingerprint density at radius 1 is 0.703 bits per heavy atom. The summed E-state index contributed by atoms with van der Waals surface area (Å²) in [4.78, 5) is 124. The molecule has 1 aliphatic rings. The molecule has 0 radical (unpaired) electrons. The minimum atomic E-state index is -1.70. The third-order valence-electron chi connectivity index (χ3n) is 11.0. The van der Waals surface area contributed by atoms with Crippen molar-refractivity contribution in [1.29, 1.82) is 0 Å². The molecule has 1 fully saturated rings. The van der Waals surface area contributed by atoms with Crippen molar-refractivity contribution in [3.05, 3.63) is 0 Å². The van der Waals surface area contributed by atoms with Crippen LogP contribution in [0.1, 0.15) is 101 Å². The number of nitrogens with zero attached hydrogens (tertiary/aromatic N) is 2. The lowest BCUT2D eigenvalue weighted by atomic mass is 9.96. The lowest BCUT2D eigenvalue weighted by Gasteiger charge is -2.31. The van der Waals surface area contributed by atoms with Gasteiger partial charge in [-0.25, -0.2) is 0 Å². The van der Waals surface area contributed by atoms with Crippen molar-refractivity contribution in [1.82, 2.24) is 47.4 Å². The quantitative estimate of drug-likeness (QED) is 0.0215. The zero-order valence-electron chi connectivity index (χ0n) is 38.7. The van der Waals surface area contributed by atoms with Gasteiger partial charge in [-0.05, 0) is 57.3 Å². The second-order valence-corrected chi connectivity index (χ2v) is 16.5. The number of likely N-dealkylation sites (N-methyl/N-ethyl adjacent to an activating group) is 1. The Balaban J connectivity index is 3.28. The van der Waals surface area contributed by atoms with Crippen LogP contribution in [0, 0.1) is 17.8 Å². The summed E-state index contributed by atoms with van der Waals surface area (Å²) in [5.41, 5.74) is 10.9. The van der Waals surface area contributed by atoms with E-state index in [9.17, 15) is 53.4 Å². The standard InChI is InChI=1S/C41H74N12O11/c1-10-22(6)31(37(61)47-26(15-13-17-45-41(42)43)40(64)53-18-14-16-28(53)35(59)44-12-3)50-34(58)27(20-54)48-39(63)33(24(8)55)52-38(62)32(23(7)11-2)51-36(60)30(21(4)5)49-29(57)19-46-25(9)56/h21-24,26-28,30-33,54-55H,10-20H2,1-9H3,(H,44,59)(H,46,56)(H,47,61)(H,48,63)(H,49,57)(H,50,58)(H,51,60)(H,52,62)(H4,42,43,45)/t22-,23+,24+,26-,27-,28-,30-,31-,32+,33-/m0/s1. The molecule has 0 aromatic carbocycles. The minimum Gasteiger partial charge on any atom is -0.394 e. The molecule has 9 amide bonds. The van der Waals surface area contributed by atoms with E-state index >= 15 is 0 Å². The molecule has 23 nitrogen and oxygen atoms in total. The van der Waals surface area contributed by atoms with Gasteiger partial charge in [0.15, 0.2) is 5.96 Å². The summed E-state index contributed by atoms with van der Waals surface area (Å²) < 4.78 is 0. The number of hydrogen-bond donors (Lipinski definition) is 12. The Labute approximate surface area is 375 Å². The maximum atomic E-state index is 14.0. The van der Waals surface area contributed by atoms with Crippen LogP contribution in [0.15, 0.2) is 4.99 Å². The fourth-order valence-corrected chi connectivity index (χ4v) is 6.79. The summed E-state index contributed by atoms with van der Waals surface area (Å²) >= 11 is 0. The van der Waals surface area contributed by atoms with Gasteiger partial charge >= 0.3 is 0 Å². The summed E-state index contributed by atoms with van der Waals surface area (Å²) in [6.45, 7) is 13.8. The molecule has 0 aromatic heterocycles. The number of carbonyl (C=O) groups excluding carboxylic acids is 9. The fourth-order valence-electron chi connectivity index (χ4n) is 6.79. The molecule has 10 atom stereocenters. The van der Waals surface area contributed by atoms with Crippen LogP contribution in [0.25, 0.3) is 0 Å². The number of guanidine groups is 1. The molecule has 23 heteroatoms. The maximum absolute atomic E-state index is 14.0. The summed E-state index contributed by atoms with van der Waals surface area (Å²) in [5.74, 6) is -8.00. The van der Waals surface area contributed by atoms with Gasteiger partial charge in [0.2, 0.25) is 53.2 Å². The highest BCUT2D eigenvalue weighted by Crippen LogP contribution is 2.20. The highest BCUT2D eigenvalue weighted by Gasteiger charge is 2.40. The van der Waals surface area contributed by atoms with Gasteiger partial charge in [-0.2, -0.15) is 0 Å². The van der Waals surface area contributed by atoms with Crippen LogP contribution in [0.2, 0.25) is 0 Å². The molecule has 0 aromatic rings. The van der Waals surface area contributed by atoms with Gasteiger partial charge in [-0.1, -0.05) is 54.4 Å². The first-order valence-electron chi connectivity index (χ1n) is 22.0. The van der Waals surface area contributed by atoms with Crippen LogP contribution in [-0.2, 0) is 43.2 Å². The second-order valence-electron chi connectivity index (χ2n) is 16.5. The van der Waals surface area contributed by atoms with Gasteiger partial charge in [0.1, 0.15) is 42.3 Å². The van der Waals surface area contributed by atoms with Gasteiger partial charge in [-0.15, -0.1) is 0 Å². The van der Waals surface area contributed by atoms with Crippen molar-refractivity contribution in [3.63, 3.8) is 0 Å². The van der Waals surface area contributed by atoms with E-state index in [2.05, 4.69) is 47.5 Å². The van der Waals surface area contributed by atoms with Gasteiger partial charge in [-0.3, -0.25) is 48.1 Å². The first-order valence-corrected chi connectivity index (χ1v) is 22.0. The molecule has 1 saturated heterocycles. The molecule has 364 valence electrons. The number of rotatable bonds is 27. The Morgan fingerprint density at radius 3 is 1.72 bits per heavy atom. The van der Waals surface area contributed by atoms with E-state index in [1.54, 1.807) is 48.5 Å². The monoisotopic (exact) mass is 911 g/mol. The van der Waals surface area contributed by atoms with Crippen LogP contribution in [0.4, 0.5) is 0 Å². The van der Waals surface area contributed by atoms with Crippen molar-refractivity contribution in [2.45, 2.75) is 149 Å². The van der Waals surface area contributed by atoms with Crippen LogP contribution < -0.4 is 54.0 Å². The number of hydrogen-bond acceptors (Lipinski definition) is 12. The van der Waals surface area contributed by atoms with Crippen LogP contribution in [-0.4, -0.2) is 155 Å². The van der Waals surface area contributed by atoms with Crippen molar-refractivity contribution < 1.29 is 53.4 Å². The Morgan fingerprint density at radius 2 is 1.22 bits per heavy atom. The minimum absolute atomic E-state index is 0.0826. The molecule has 1 rings (SSSR count).